The van der Waals surface area contributed by atoms with Crippen molar-refractivity contribution in [3.63, 3.8) is 0 Å². The number of benzene rings is 2. The minimum Gasteiger partial charge on any atom is -0.352 e. The molecule has 0 aliphatic heterocycles. The summed E-state index contributed by atoms with van der Waals surface area (Å²) < 4.78 is 27.2. The maximum Gasteiger partial charge on any atom is 0.261 e. The monoisotopic (exact) mass is 366 g/mol. The van der Waals surface area contributed by atoms with E-state index in [1.165, 1.54) is 24.3 Å². The second-order valence-electron chi connectivity index (χ2n) is 5.71. The maximum atomic E-state index is 12.4. The molecule has 0 aliphatic carbocycles. The van der Waals surface area contributed by atoms with Crippen LogP contribution < -0.4 is 10.0 Å². The molecule has 0 heterocycles. The van der Waals surface area contributed by atoms with Gasteiger partial charge in [-0.2, -0.15) is 0 Å². The third-order valence-electron chi connectivity index (χ3n) is 3.22. The molecule has 24 heavy (non-hydrogen) atoms. The number of hydrogen-bond donors (Lipinski definition) is 2. The van der Waals surface area contributed by atoms with E-state index in [-0.39, 0.29) is 10.8 Å². The smallest absolute Gasteiger partial charge is 0.261 e. The SMILES string of the molecule is CC(C)CNC(=O)c1ccc(S(=O)(=O)Nc2ccccc2Cl)cc1. The van der Waals surface area contributed by atoms with Gasteiger partial charge in [0.15, 0.2) is 0 Å². The van der Waals surface area contributed by atoms with Gasteiger partial charge in [0.25, 0.3) is 15.9 Å². The molecule has 2 N–H and O–H groups in total. The number of carbonyl (C=O) groups excluding carboxylic acids is 1. The van der Waals surface area contributed by atoms with Crippen molar-refractivity contribution in [2.24, 2.45) is 5.92 Å². The van der Waals surface area contributed by atoms with Crippen LogP contribution in [0, 0.1) is 5.92 Å². The molecule has 0 atom stereocenters. The quantitative estimate of drug-likeness (QED) is 0.821. The summed E-state index contributed by atoms with van der Waals surface area (Å²) in [6.07, 6.45) is 0. The molecule has 0 bridgehead atoms. The Morgan fingerprint density at radius 1 is 1.08 bits per heavy atom. The Kier molecular flexibility index (Phi) is 5.85. The summed E-state index contributed by atoms with van der Waals surface area (Å²) in [7, 11) is -3.77. The highest BCUT2D eigenvalue weighted by atomic mass is 35.5. The van der Waals surface area contributed by atoms with Gasteiger partial charge in [-0.1, -0.05) is 37.6 Å². The zero-order valence-corrected chi connectivity index (χ0v) is 15.0. The highest BCUT2D eigenvalue weighted by Crippen LogP contribution is 2.24. The van der Waals surface area contributed by atoms with Crippen LogP contribution in [-0.2, 0) is 10.0 Å². The lowest BCUT2D eigenvalue weighted by molar-refractivity contribution is 0.0949. The van der Waals surface area contributed by atoms with Gasteiger partial charge in [0.05, 0.1) is 15.6 Å². The van der Waals surface area contributed by atoms with Crippen molar-refractivity contribution in [2.45, 2.75) is 18.7 Å². The Morgan fingerprint density at radius 3 is 2.29 bits per heavy atom. The molecule has 2 rings (SSSR count). The minimum absolute atomic E-state index is 0.0582. The van der Waals surface area contributed by atoms with Crippen molar-refractivity contribution in [3.05, 3.63) is 59.1 Å². The van der Waals surface area contributed by atoms with Crippen LogP contribution in [0.5, 0.6) is 0 Å². The predicted molar refractivity (Wildman–Crippen MR) is 95.9 cm³/mol. The van der Waals surface area contributed by atoms with Crippen LogP contribution in [0.3, 0.4) is 0 Å². The molecule has 0 aromatic heterocycles. The molecule has 5 nitrogen and oxygen atoms in total. The third-order valence-corrected chi connectivity index (χ3v) is 4.93. The molecule has 0 saturated carbocycles. The van der Waals surface area contributed by atoms with Crippen LogP contribution in [0.1, 0.15) is 24.2 Å². The maximum absolute atomic E-state index is 12.4. The van der Waals surface area contributed by atoms with Gasteiger partial charge in [-0.25, -0.2) is 8.42 Å². The Morgan fingerprint density at radius 2 is 1.71 bits per heavy atom. The highest BCUT2D eigenvalue weighted by molar-refractivity contribution is 7.92. The van der Waals surface area contributed by atoms with E-state index in [4.69, 9.17) is 11.6 Å². The van der Waals surface area contributed by atoms with E-state index in [1.807, 2.05) is 13.8 Å². The molecule has 0 fully saturated rings. The third kappa shape index (κ3) is 4.72. The Hall–Kier alpha value is -2.05. The van der Waals surface area contributed by atoms with Gasteiger partial charge in [-0.3, -0.25) is 9.52 Å². The Bertz CT molecular complexity index is 818. The van der Waals surface area contributed by atoms with Crippen LogP contribution >= 0.6 is 11.6 Å². The standard InChI is InChI=1S/C17H19ClN2O3S/c1-12(2)11-19-17(21)13-7-9-14(10-8-13)24(22,23)20-16-6-4-3-5-15(16)18/h3-10,12,20H,11H2,1-2H3,(H,19,21). The highest BCUT2D eigenvalue weighted by Gasteiger charge is 2.16. The fraction of sp³-hybridized carbons (Fsp3) is 0.235. The lowest BCUT2D eigenvalue weighted by Gasteiger charge is -2.10. The zero-order chi connectivity index (χ0) is 17.7. The van der Waals surface area contributed by atoms with Gasteiger partial charge >= 0.3 is 0 Å². The molecule has 128 valence electrons. The largest absolute Gasteiger partial charge is 0.352 e. The molecule has 0 unspecified atom stereocenters. The molecule has 0 radical (unpaired) electrons. The van der Waals surface area contributed by atoms with Crippen molar-refractivity contribution < 1.29 is 13.2 Å². The molecule has 0 spiro atoms. The van der Waals surface area contributed by atoms with E-state index < -0.39 is 10.0 Å². The van der Waals surface area contributed by atoms with Crippen molar-refractivity contribution in [2.75, 3.05) is 11.3 Å². The van der Waals surface area contributed by atoms with Crippen molar-refractivity contribution in [1.82, 2.24) is 5.32 Å². The Balaban J connectivity index is 2.14. The number of halogens is 1. The number of hydrogen-bond acceptors (Lipinski definition) is 3. The Labute approximate surface area is 147 Å². The van der Waals surface area contributed by atoms with Crippen LogP contribution in [0.2, 0.25) is 5.02 Å². The number of sulfonamides is 1. The van der Waals surface area contributed by atoms with Crippen LogP contribution in [-0.4, -0.2) is 20.9 Å². The molecule has 2 aromatic rings. The van der Waals surface area contributed by atoms with Crippen LogP contribution in [0.25, 0.3) is 0 Å². The molecule has 1 amide bonds. The number of para-hydroxylation sites is 1. The van der Waals surface area contributed by atoms with Gasteiger partial charge in [-0.15, -0.1) is 0 Å². The van der Waals surface area contributed by atoms with Gasteiger partial charge in [0.1, 0.15) is 0 Å². The first kappa shape index (κ1) is 18.3. The second kappa shape index (κ2) is 7.68. The molecule has 0 aliphatic rings. The van der Waals surface area contributed by atoms with E-state index in [0.29, 0.717) is 28.7 Å². The lowest BCUT2D eigenvalue weighted by Crippen LogP contribution is -2.27. The van der Waals surface area contributed by atoms with Gasteiger partial charge < -0.3 is 5.32 Å². The summed E-state index contributed by atoms with van der Waals surface area (Å²) in [5, 5.41) is 3.09. The fourth-order valence-corrected chi connectivity index (χ4v) is 3.25. The number of rotatable bonds is 6. The van der Waals surface area contributed by atoms with E-state index in [9.17, 15) is 13.2 Å². The van der Waals surface area contributed by atoms with Gasteiger partial charge in [-0.05, 0) is 42.3 Å². The van der Waals surface area contributed by atoms with Gasteiger partial charge in [0, 0.05) is 12.1 Å². The molecule has 0 saturated heterocycles. The fourth-order valence-electron chi connectivity index (χ4n) is 1.93. The summed E-state index contributed by atoms with van der Waals surface area (Å²) in [4.78, 5) is 12.0. The lowest BCUT2D eigenvalue weighted by atomic mass is 10.2. The first-order chi connectivity index (χ1) is 11.3. The topological polar surface area (TPSA) is 75.3 Å². The summed E-state index contributed by atoms with van der Waals surface area (Å²) in [5.41, 5.74) is 0.713. The average Bonchev–Trinajstić information content (AvgIpc) is 2.54. The molecule has 7 heteroatoms. The van der Waals surface area contributed by atoms with Crippen molar-refractivity contribution >= 4 is 33.2 Å². The molecular weight excluding hydrogens is 348 g/mol. The van der Waals surface area contributed by atoms with E-state index in [1.54, 1.807) is 24.3 Å². The predicted octanol–water partition coefficient (Wildman–Crippen LogP) is 3.53. The second-order valence-corrected chi connectivity index (χ2v) is 7.80. The zero-order valence-electron chi connectivity index (χ0n) is 13.4. The summed E-state index contributed by atoms with van der Waals surface area (Å²) in [5.74, 6) is 0.111. The van der Waals surface area contributed by atoms with Crippen molar-refractivity contribution in [3.8, 4) is 0 Å². The van der Waals surface area contributed by atoms with Gasteiger partial charge in [0.2, 0.25) is 0 Å². The number of amides is 1. The first-order valence-electron chi connectivity index (χ1n) is 7.45. The van der Waals surface area contributed by atoms with Crippen LogP contribution in [0.4, 0.5) is 5.69 Å². The van der Waals surface area contributed by atoms with Crippen LogP contribution in [0.15, 0.2) is 53.4 Å². The van der Waals surface area contributed by atoms with E-state index in [2.05, 4.69) is 10.0 Å². The minimum atomic E-state index is -3.77. The molecule has 2 aromatic carbocycles. The first-order valence-corrected chi connectivity index (χ1v) is 9.31. The number of carbonyl (C=O) groups is 1. The molecular formula is C17H19ClN2O3S. The average molecular weight is 367 g/mol. The van der Waals surface area contributed by atoms with Crippen molar-refractivity contribution in [1.29, 1.82) is 0 Å². The van der Waals surface area contributed by atoms with E-state index in [0.717, 1.165) is 0 Å². The summed E-state index contributed by atoms with van der Waals surface area (Å²) >= 11 is 5.96. The van der Waals surface area contributed by atoms with E-state index >= 15 is 0 Å². The number of nitrogens with one attached hydrogen (secondary N) is 2. The normalized spacial score (nSPS) is 11.3. The number of anilines is 1. The summed E-state index contributed by atoms with van der Waals surface area (Å²) in [6, 6.07) is 12.3. The summed E-state index contributed by atoms with van der Waals surface area (Å²) in [6.45, 7) is 4.56.